The van der Waals surface area contributed by atoms with Gasteiger partial charge in [0.2, 0.25) is 5.91 Å². The number of hydrogen-bond donors (Lipinski definition) is 2. The highest BCUT2D eigenvalue weighted by Gasteiger charge is 2.22. The molecule has 0 radical (unpaired) electrons. The number of rotatable bonds is 4. The quantitative estimate of drug-likeness (QED) is 0.883. The van der Waals surface area contributed by atoms with Gasteiger partial charge in [-0.25, -0.2) is 0 Å². The Kier molecular flexibility index (Phi) is 5.05. The van der Waals surface area contributed by atoms with E-state index >= 15 is 0 Å². The van der Waals surface area contributed by atoms with Crippen molar-refractivity contribution in [3.63, 3.8) is 0 Å². The van der Waals surface area contributed by atoms with Gasteiger partial charge in [-0.1, -0.05) is 31.9 Å². The molecule has 0 aliphatic heterocycles. The van der Waals surface area contributed by atoms with Gasteiger partial charge in [0.25, 0.3) is 0 Å². The molecule has 1 fully saturated rings. The Morgan fingerprint density at radius 2 is 2.00 bits per heavy atom. The summed E-state index contributed by atoms with van der Waals surface area (Å²) in [6, 6.07) is 6.62. The van der Waals surface area contributed by atoms with Gasteiger partial charge in [-0.2, -0.15) is 0 Å². The first-order valence-electron chi connectivity index (χ1n) is 7.67. The molecule has 3 nitrogen and oxygen atoms in total. The lowest BCUT2D eigenvalue weighted by Crippen LogP contribution is -2.43. The summed E-state index contributed by atoms with van der Waals surface area (Å²) >= 11 is 0. The summed E-state index contributed by atoms with van der Waals surface area (Å²) in [5.74, 6) is 0.707. The van der Waals surface area contributed by atoms with E-state index in [4.69, 9.17) is 0 Å². The van der Waals surface area contributed by atoms with Crippen LogP contribution in [0.2, 0.25) is 0 Å². The van der Waals surface area contributed by atoms with Crippen LogP contribution in [-0.2, 0) is 4.79 Å². The van der Waals surface area contributed by atoms with Crippen molar-refractivity contribution in [1.82, 2.24) is 5.32 Å². The van der Waals surface area contributed by atoms with Crippen molar-refractivity contribution >= 4 is 11.6 Å². The molecular weight excluding hydrogens is 248 g/mol. The number of hydrogen-bond acceptors (Lipinski definition) is 2. The zero-order valence-electron chi connectivity index (χ0n) is 12.8. The lowest BCUT2D eigenvalue weighted by atomic mass is 9.86. The minimum Gasteiger partial charge on any atom is -0.376 e. The number of carbonyl (C=O) groups is 1. The molecule has 1 aliphatic carbocycles. The fourth-order valence-electron chi connectivity index (χ4n) is 2.89. The first-order valence-corrected chi connectivity index (χ1v) is 7.67. The summed E-state index contributed by atoms with van der Waals surface area (Å²) in [6.45, 7) is 6.72. The van der Waals surface area contributed by atoms with E-state index in [1.165, 1.54) is 30.4 Å². The van der Waals surface area contributed by atoms with Crippen LogP contribution in [0.1, 0.15) is 43.7 Å². The second kappa shape index (κ2) is 6.78. The molecule has 2 N–H and O–H groups in total. The third-order valence-corrected chi connectivity index (χ3v) is 4.29. The topological polar surface area (TPSA) is 41.1 Å². The number of aryl methyl sites for hydroxylation is 2. The number of nitrogens with one attached hydrogen (secondary N) is 2. The van der Waals surface area contributed by atoms with E-state index in [1.54, 1.807) is 0 Å². The van der Waals surface area contributed by atoms with Crippen LogP contribution in [-0.4, -0.2) is 18.5 Å². The Balaban J connectivity index is 1.84. The molecule has 20 heavy (non-hydrogen) atoms. The van der Waals surface area contributed by atoms with Crippen LogP contribution in [0, 0.1) is 19.8 Å². The first kappa shape index (κ1) is 14.9. The Labute approximate surface area is 122 Å². The smallest absolute Gasteiger partial charge is 0.239 e. The normalized spacial score (nSPS) is 22.4. The SMILES string of the molecule is Cc1ccc(C)c(NCC(=O)N[C@H]2CCCC[C@@H]2C)c1. The molecule has 0 bridgehead atoms. The van der Waals surface area contributed by atoms with Gasteiger partial charge in [-0.05, 0) is 49.8 Å². The van der Waals surface area contributed by atoms with Crippen molar-refractivity contribution in [3.05, 3.63) is 29.3 Å². The fourth-order valence-corrected chi connectivity index (χ4v) is 2.89. The number of amides is 1. The van der Waals surface area contributed by atoms with Crippen LogP contribution in [0.4, 0.5) is 5.69 Å². The van der Waals surface area contributed by atoms with Crippen molar-refractivity contribution in [2.75, 3.05) is 11.9 Å². The predicted molar refractivity (Wildman–Crippen MR) is 84.0 cm³/mol. The molecule has 1 amide bonds. The predicted octanol–water partition coefficient (Wildman–Crippen LogP) is 3.41. The van der Waals surface area contributed by atoms with Crippen LogP contribution in [0.25, 0.3) is 0 Å². The van der Waals surface area contributed by atoms with Crippen molar-refractivity contribution < 1.29 is 4.79 Å². The standard InChI is InChI=1S/C17H26N2O/c1-12-8-9-14(3)16(10-12)18-11-17(20)19-15-7-5-4-6-13(15)2/h8-10,13,15,18H,4-7,11H2,1-3H3,(H,19,20)/t13-,15-/m0/s1. The molecule has 0 unspecified atom stereocenters. The van der Waals surface area contributed by atoms with Gasteiger partial charge < -0.3 is 10.6 Å². The zero-order chi connectivity index (χ0) is 14.5. The molecule has 0 saturated heterocycles. The maximum atomic E-state index is 12.1. The molecule has 2 rings (SSSR count). The van der Waals surface area contributed by atoms with Gasteiger partial charge in [0, 0.05) is 11.7 Å². The third kappa shape index (κ3) is 3.99. The molecule has 110 valence electrons. The molecule has 0 heterocycles. The maximum Gasteiger partial charge on any atom is 0.239 e. The van der Waals surface area contributed by atoms with E-state index < -0.39 is 0 Å². The average Bonchev–Trinajstić information content (AvgIpc) is 2.42. The summed E-state index contributed by atoms with van der Waals surface area (Å²) in [6.07, 6.45) is 4.89. The lowest BCUT2D eigenvalue weighted by molar-refractivity contribution is -0.120. The molecule has 1 aromatic carbocycles. The molecule has 1 aliphatic rings. The maximum absolute atomic E-state index is 12.1. The van der Waals surface area contributed by atoms with E-state index in [1.807, 2.05) is 0 Å². The highest BCUT2D eigenvalue weighted by Crippen LogP contribution is 2.23. The van der Waals surface area contributed by atoms with Crippen LogP contribution in [0.5, 0.6) is 0 Å². The molecule has 2 atom stereocenters. The monoisotopic (exact) mass is 274 g/mol. The Bertz CT molecular complexity index is 470. The molecule has 1 saturated carbocycles. The van der Waals surface area contributed by atoms with Gasteiger partial charge in [0.1, 0.15) is 0 Å². The van der Waals surface area contributed by atoms with Crippen molar-refractivity contribution in [1.29, 1.82) is 0 Å². The van der Waals surface area contributed by atoms with Crippen LogP contribution >= 0.6 is 0 Å². The van der Waals surface area contributed by atoms with Crippen LogP contribution in [0.3, 0.4) is 0 Å². The second-order valence-electron chi connectivity index (χ2n) is 6.11. The lowest BCUT2D eigenvalue weighted by Gasteiger charge is -2.29. The number of benzene rings is 1. The van der Waals surface area contributed by atoms with Crippen molar-refractivity contribution in [3.8, 4) is 0 Å². The summed E-state index contributed by atoms with van der Waals surface area (Å²) < 4.78 is 0. The van der Waals surface area contributed by atoms with E-state index in [2.05, 4.69) is 49.6 Å². The third-order valence-electron chi connectivity index (χ3n) is 4.29. The number of anilines is 1. The van der Waals surface area contributed by atoms with Gasteiger partial charge in [-0.3, -0.25) is 4.79 Å². The van der Waals surface area contributed by atoms with E-state index in [0.29, 0.717) is 18.5 Å². The van der Waals surface area contributed by atoms with Crippen molar-refractivity contribution in [2.24, 2.45) is 5.92 Å². The van der Waals surface area contributed by atoms with Gasteiger partial charge >= 0.3 is 0 Å². The molecule has 3 heteroatoms. The average molecular weight is 274 g/mol. The van der Waals surface area contributed by atoms with Gasteiger partial charge in [0.15, 0.2) is 0 Å². The van der Waals surface area contributed by atoms with E-state index in [9.17, 15) is 4.79 Å². The van der Waals surface area contributed by atoms with Crippen molar-refractivity contribution in [2.45, 2.75) is 52.5 Å². The van der Waals surface area contributed by atoms with E-state index in [0.717, 1.165) is 12.1 Å². The molecular formula is C17H26N2O. The summed E-state index contributed by atoms with van der Waals surface area (Å²) in [5.41, 5.74) is 3.44. The molecule has 0 aromatic heterocycles. The highest BCUT2D eigenvalue weighted by molar-refractivity contribution is 5.81. The van der Waals surface area contributed by atoms with E-state index in [-0.39, 0.29) is 5.91 Å². The molecule has 0 spiro atoms. The fraction of sp³-hybridized carbons (Fsp3) is 0.588. The minimum atomic E-state index is 0.102. The molecule has 1 aromatic rings. The number of carbonyl (C=O) groups excluding carboxylic acids is 1. The highest BCUT2D eigenvalue weighted by atomic mass is 16.1. The van der Waals surface area contributed by atoms with Gasteiger partial charge in [-0.15, -0.1) is 0 Å². The zero-order valence-corrected chi connectivity index (χ0v) is 12.8. The summed E-state index contributed by atoms with van der Waals surface area (Å²) in [4.78, 5) is 12.1. The summed E-state index contributed by atoms with van der Waals surface area (Å²) in [5, 5.41) is 6.42. The Morgan fingerprint density at radius 3 is 2.75 bits per heavy atom. The Morgan fingerprint density at radius 1 is 1.25 bits per heavy atom. The largest absolute Gasteiger partial charge is 0.376 e. The Hall–Kier alpha value is -1.51. The van der Waals surface area contributed by atoms with Crippen LogP contribution in [0.15, 0.2) is 18.2 Å². The first-order chi connectivity index (χ1) is 9.56. The second-order valence-corrected chi connectivity index (χ2v) is 6.11. The van der Waals surface area contributed by atoms with Crippen LogP contribution < -0.4 is 10.6 Å². The van der Waals surface area contributed by atoms with Gasteiger partial charge in [0.05, 0.1) is 6.54 Å². The minimum absolute atomic E-state index is 0.102. The summed E-state index contributed by atoms with van der Waals surface area (Å²) in [7, 11) is 0.